The van der Waals surface area contributed by atoms with Crippen molar-refractivity contribution in [3.8, 4) is 10.6 Å². The van der Waals surface area contributed by atoms with Crippen molar-refractivity contribution in [3.05, 3.63) is 40.9 Å². The van der Waals surface area contributed by atoms with E-state index in [-0.39, 0.29) is 0 Å². The summed E-state index contributed by atoms with van der Waals surface area (Å²) in [4.78, 5) is 6.22. The maximum Gasteiger partial charge on any atom is 0.139 e. The summed E-state index contributed by atoms with van der Waals surface area (Å²) >= 11 is 1.78. The first-order valence-corrected chi connectivity index (χ1v) is 9.40. The fourth-order valence-corrected chi connectivity index (χ4v) is 4.42. The molecule has 1 aliphatic rings. The molecule has 0 aliphatic heterocycles. The molecule has 0 amide bonds. The quantitative estimate of drug-likeness (QED) is 0.696. The summed E-state index contributed by atoms with van der Waals surface area (Å²) < 4.78 is 2.23. The molecule has 1 saturated carbocycles. The van der Waals surface area contributed by atoms with E-state index in [1.54, 1.807) is 11.3 Å². The van der Waals surface area contributed by atoms with Crippen LogP contribution in [-0.2, 0) is 0 Å². The zero-order chi connectivity index (χ0) is 15.8. The minimum Gasteiger partial charge on any atom is -0.367 e. The molecule has 0 radical (unpaired) electrons. The van der Waals surface area contributed by atoms with E-state index in [1.807, 2.05) is 0 Å². The Morgan fingerprint density at radius 1 is 1.13 bits per heavy atom. The second kappa shape index (κ2) is 6.00. The molecule has 0 saturated heterocycles. The molecule has 1 aliphatic carbocycles. The lowest BCUT2D eigenvalue weighted by molar-refractivity contribution is 0.462. The van der Waals surface area contributed by atoms with E-state index >= 15 is 0 Å². The third kappa shape index (κ3) is 2.76. The maximum atomic E-state index is 4.93. The molecule has 0 atom stereocenters. The summed E-state index contributed by atoms with van der Waals surface area (Å²) in [6.45, 7) is 4.31. The third-order valence-electron chi connectivity index (χ3n) is 4.79. The van der Waals surface area contributed by atoms with Gasteiger partial charge in [0.05, 0.1) is 4.88 Å². The number of rotatable bonds is 3. The number of hydrogen-bond acceptors (Lipinski definition) is 3. The van der Waals surface area contributed by atoms with Crippen molar-refractivity contribution < 1.29 is 0 Å². The van der Waals surface area contributed by atoms with Gasteiger partial charge in [-0.15, -0.1) is 11.3 Å². The minimum atomic E-state index is 0.572. The summed E-state index contributed by atoms with van der Waals surface area (Å²) in [5.74, 6) is 1.17. The molecule has 4 rings (SSSR count). The van der Waals surface area contributed by atoms with Gasteiger partial charge in [0.2, 0.25) is 0 Å². The van der Waals surface area contributed by atoms with Gasteiger partial charge in [0.25, 0.3) is 0 Å². The van der Waals surface area contributed by atoms with Gasteiger partial charge >= 0.3 is 0 Å². The van der Waals surface area contributed by atoms with E-state index < -0.39 is 0 Å². The van der Waals surface area contributed by atoms with Gasteiger partial charge in [0.15, 0.2) is 0 Å². The van der Waals surface area contributed by atoms with Crippen LogP contribution in [0.25, 0.3) is 16.2 Å². The van der Waals surface area contributed by atoms with E-state index in [9.17, 15) is 0 Å². The van der Waals surface area contributed by atoms with Crippen molar-refractivity contribution in [2.45, 2.75) is 52.0 Å². The molecule has 0 spiro atoms. The minimum absolute atomic E-state index is 0.572. The first-order valence-electron chi connectivity index (χ1n) is 8.52. The van der Waals surface area contributed by atoms with E-state index in [0.29, 0.717) is 6.04 Å². The van der Waals surface area contributed by atoms with Crippen LogP contribution in [0.5, 0.6) is 0 Å². The molecule has 0 unspecified atom stereocenters. The van der Waals surface area contributed by atoms with Crippen LogP contribution in [0, 0.1) is 13.8 Å². The second-order valence-corrected chi connectivity index (χ2v) is 7.57. The van der Waals surface area contributed by atoms with Crippen LogP contribution in [0.4, 0.5) is 5.82 Å². The summed E-state index contributed by atoms with van der Waals surface area (Å²) in [6.07, 6.45) is 8.77. The summed E-state index contributed by atoms with van der Waals surface area (Å²) in [7, 11) is 0. The fraction of sp³-hybridized carbons (Fsp3) is 0.421. The molecule has 3 heterocycles. The monoisotopic (exact) mass is 325 g/mol. The fourth-order valence-electron chi connectivity index (χ4n) is 3.50. The number of thiophene rings is 1. The van der Waals surface area contributed by atoms with Gasteiger partial charge in [-0.05, 0) is 55.3 Å². The number of nitrogens with one attached hydrogen (secondary N) is 1. The average molecular weight is 325 g/mol. The van der Waals surface area contributed by atoms with Crippen molar-refractivity contribution >= 4 is 22.8 Å². The lowest BCUT2D eigenvalue weighted by atomic mass is 9.95. The number of imidazole rings is 1. The number of nitrogens with zero attached hydrogens (tertiary/aromatic N) is 2. The van der Waals surface area contributed by atoms with Crippen LogP contribution < -0.4 is 5.32 Å². The number of fused-ring (bicyclic) bond motifs is 1. The number of aromatic nitrogens is 2. The van der Waals surface area contributed by atoms with Crippen LogP contribution in [0.2, 0.25) is 0 Å². The molecule has 1 N–H and O–H groups in total. The molecule has 3 aromatic heterocycles. The number of pyridine rings is 1. The van der Waals surface area contributed by atoms with E-state index in [1.165, 1.54) is 53.9 Å². The number of anilines is 1. The Morgan fingerprint density at radius 2 is 1.96 bits per heavy atom. The SMILES string of the molecule is Cc1ccc2nc(-c3sccc3C)c(NC3CCCCC3)n2c1. The Morgan fingerprint density at radius 3 is 2.70 bits per heavy atom. The van der Waals surface area contributed by atoms with E-state index in [4.69, 9.17) is 4.98 Å². The largest absolute Gasteiger partial charge is 0.367 e. The van der Waals surface area contributed by atoms with E-state index in [2.05, 4.69) is 53.3 Å². The molecule has 23 heavy (non-hydrogen) atoms. The third-order valence-corrected chi connectivity index (χ3v) is 5.81. The van der Waals surface area contributed by atoms with Crippen LogP contribution >= 0.6 is 11.3 Å². The maximum absolute atomic E-state index is 4.93. The molecule has 0 bridgehead atoms. The summed E-state index contributed by atoms with van der Waals surface area (Å²) in [5.41, 5.74) is 4.70. The highest BCUT2D eigenvalue weighted by Gasteiger charge is 2.21. The Bertz CT molecular complexity index is 824. The van der Waals surface area contributed by atoms with Crippen LogP contribution in [0.1, 0.15) is 43.2 Å². The zero-order valence-corrected chi connectivity index (χ0v) is 14.6. The number of aryl methyl sites for hydroxylation is 2. The van der Waals surface area contributed by atoms with Gasteiger partial charge in [-0.1, -0.05) is 25.3 Å². The smallest absolute Gasteiger partial charge is 0.139 e. The lowest BCUT2D eigenvalue weighted by Gasteiger charge is -2.24. The van der Waals surface area contributed by atoms with Crippen LogP contribution in [0.3, 0.4) is 0 Å². The molecular weight excluding hydrogens is 302 g/mol. The second-order valence-electron chi connectivity index (χ2n) is 6.66. The molecule has 120 valence electrons. The summed E-state index contributed by atoms with van der Waals surface area (Å²) in [5, 5.41) is 5.98. The highest BCUT2D eigenvalue weighted by Crippen LogP contribution is 2.36. The van der Waals surface area contributed by atoms with Crippen molar-refractivity contribution in [2.24, 2.45) is 0 Å². The molecule has 1 fully saturated rings. The van der Waals surface area contributed by atoms with Crippen molar-refractivity contribution in [1.29, 1.82) is 0 Å². The van der Waals surface area contributed by atoms with Crippen molar-refractivity contribution in [1.82, 2.24) is 9.38 Å². The Hall–Kier alpha value is -1.81. The predicted molar refractivity (Wildman–Crippen MR) is 98.5 cm³/mol. The highest BCUT2D eigenvalue weighted by molar-refractivity contribution is 7.13. The first kappa shape index (κ1) is 14.8. The van der Waals surface area contributed by atoms with Gasteiger partial charge < -0.3 is 5.32 Å². The van der Waals surface area contributed by atoms with Gasteiger partial charge in [0.1, 0.15) is 17.2 Å². The standard InChI is InChI=1S/C19H23N3S/c1-13-8-9-16-21-17(18-14(2)10-11-23-18)19(22(16)12-13)20-15-6-4-3-5-7-15/h8-12,15,20H,3-7H2,1-2H3. The summed E-state index contributed by atoms with van der Waals surface area (Å²) in [6, 6.07) is 7.01. The lowest BCUT2D eigenvalue weighted by Crippen LogP contribution is -2.23. The topological polar surface area (TPSA) is 29.3 Å². The van der Waals surface area contributed by atoms with Gasteiger partial charge in [-0.25, -0.2) is 4.98 Å². The van der Waals surface area contributed by atoms with Gasteiger partial charge in [-0.2, -0.15) is 0 Å². The Kier molecular flexibility index (Phi) is 3.85. The highest BCUT2D eigenvalue weighted by atomic mass is 32.1. The van der Waals surface area contributed by atoms with Crippen molar-refractivity contribution in [3.63, 3.8) is 0 Å². The Balaban J connectivity index is 1.84. The van der Waals surface area contributed by atoms with Crippen LogP contribution in [-0.4, -0.2) is 15.4 Å². The molecular formula is C19H23N3S. The average Bonchev–Trinajstić information content (AvgIpc) is 3.12. The van der Waals surface area contributed by atoms with Crippen molar-refractivity contribution in [2.75, 3.05) is 5.32 Å². The predicted octanol–water partition coefficient (Wildman–Crippen LogP) is 5.42. The number of hydrogen-bond donors (Lipinski definition) is 1. The Labute approximate surface area is 141 Å². The first-order chi connectivity index (χ1) is 11.2. The van der Waals surface area contributed by atoms with Crippen LogP contribution in [0.15, 0.2) is 29.8 Å². The van der Waals surface area contributed by atoms with Gasteiger partial charge in [-0.3, -0.25) is 4.40 Å². The molecule has 0 aromatic carbocycles. The normalized spacial score (nSPS) is 16.1. The zero-order valence-electron chi connectivity index (χ0n) is 13.8. The molecule has 3 aromatic rings. The van der Waals surface area contributed by atoms with Gasteiger partial charge in [0, 0.05) is 12.2 Å². The van der Waals surface area contributed by atoms with E-state index in [0.717, 1.165) is 11.3 Å². The molecule has 4 heteroatoms. The molecule has 3 nitrogen and oxygen atoms in total.